The minimum atomic E-state index is -1.70. The van der Waals surface area contributed by atoms with Crippen molar-refractivity contribution in [2.75, 3.05) is 13.7 Å². The second-order valence-corrected chi connectivity index (χ2v) is 8.14. The van der Waals surface area contributed by atoms with E-state index in [1.165, 1.54) is 0 Å². The average molecular weight is 472 g/mol. The largest absolute Gasteiger partial charge is 0.497 e. The summed E-state index contributed by atoms with van der Waals surface area (Å²) < 4.78 is 6.26. The van der Waals surface area contributed by atoms with Crippen LogP contribution in [0.5, 0.6) is 5.75 Å². The van der Waals surface area contributed by atoms with E-state index in [1.807, 2.05) is 13.8 Å². The Morgan fingerprint density at radius 3 is 2.35 bits per heavy atom. The zero-order valence-corrected chi connectivity index (χ0v) is 19.2. The van der Waals surface area contributed by atoms with Gasteiger partial charge >= 0.3 is 0 Å². The van der Waals surface area contributed by atoms with Crippen molar-refractivity contribution < 1.29 is 30.0 Å². The molecule has 0 saturated carbocycles. The Hall–Kier alpha value is -3.31. The maximum absolute atomic E-state index is 13.2. The smallest absolute Gasteiger partial charge is 0.282 e. The molecule has 1 heterocycles. The Morgan fingerprint density at radius 1 is 1.09 bits per heavy atom. The summed E-state index contributed by atoms with van der Waals surface area (Å²) in [4.78, 5) is 30.4. The molecular weight excluding hydrogens is 442 g/mol. The molecule has 182 valence electrons. The highest BCUT2D eigenvalue weighted by Gasteiger charge is 2.27. The van der Waals surface area contributed by atoms with Gasteiger partial charge in [0.05, 0.1) is 31.3 Å². The summed E-state index contributed by atoms with van der Waals surface area (Å²) in [5.74, 6) is -0.0213. The highest BCUT2D eigenvalue weighted by Crippen LogP contribution is 2.18. The van der Waals surface area contributed by atoms with Crippen LogP contribution in [0.2, 0.25) is 0 Å². The molecule has 10 heteroatoms. The fourth-order valence-electron chi connectivity index (χ4n) is 3.50. The lowest BCUT2D eigenvalue weighted by molar-refractivity contribution is -0.0805. The minimum Gasteiger partial charge on any atom is -0.497 e. The lowest BCUT2D eigenvalue weighted by Crippen LogP contribution is -2.44. The molecule has 0 bridgehead atoms. The Morgan fingerprint density at radius 2 is 1.74 bits per heavy atom. The number of benzene rings is 2. The predicted octanol–water partition coefficient (Wildman–Crippen LogP) is 0.0269. The van der Waals surface area contributed by atoms with Gasteiger partial charge in [0.1, 0.15) is 24.1 Å². The van der Waals surface area contributed by atoms with Crippen molar-refractivity contribution in [2.45, 2.75) is 45.2 Å². The van der Waals surface area contributed by atoms with Crippen molar-refractivity contribution in [1.82, 2.24) is 14.9 Å². The first-order valence-electron chi connectivity index (χ1n) is 10.7. The quantitative estimate of drug-likeness (QED) is 0.293. The maximum atomic E-state index is 13.2. The van der Waals surface area contributed by atoms with Crippen molar-refractivity contribution in [3.8, 4) is 5.75 Å². The van der Waals surface area contributed by atoms with Gasteiger partial charge in [-0.1, -0.05) is 12.1 Å². The average Bonchev–Trinajstić information content (AvgIpc) is 2.84. The van der Waals surface area contributed by atoms with E-state index < -0.39 is 42.9 Å². The van der Waals surface area contributed by atoms with Crippen LogP contribution in [0.25, 0.3) is 11.0 Å². The Balaban J connectivity index is 1.97. The third-order valence-corrected chi connectivity index (χ3v) is 5.73. The molecule has 1 amide bonds. The molecule has 3 aromatic rings. The standard InChI is InChI=1S/C24H29N3O7/c1-13-8-17-18(9-14(13)2)27(11-19(29)22(31)20(30)12-28)24(33)21(26-17)23(32)25-10-15-4-6-16(34-3)7-5-15/h4-9,19-20,22,28-31H,10-12H2,1-3H3,(H,25,32)/t19-,20+,22-/m0/s1. The second kappa shape index (κ2) is 10.7. The third-order valence-electron chi connectivity index (χ3n) is 5.73. The second-order valence-electron chi connectivity index (χ2n) is 8.14. The Labute approximate surface area is 196 Å². The van der Waals surface area contributed by atoms with Crippen LogP contribution in [0.3, 0.4) is 0 Å². The molecule has 1 aromatic heterocycles. The van der Waals surface area contributed by atoms with Crippen molar-refractivity contribution in [3.05, 3.63) is 69.1 Å². The molecule has 3 rings (SSSR count). The molecule has 0 radical (unpaired) electrons. The number of aromatic nitrogens is 2. The van der Waals surface area contributed by atoms with Crippen LogP contribution in [0.15, 0.2) is 41.2 Å². The fraction of sp³-hybridized carbons (Fsp3) is 0.375. The van der Waals surface area contributed by atoms with Crippen LogP contribution in [0, 0.1) is 13.8 Å². The van der Waals surface area contributed by atoms with Crippen molar-refractivity contribution in [3.63, 3.8) is 0 Å². The van der Waals surface area contributed by atoms with Gasteiger partial charge in [-0.3, -0.25) is 9.59 Å². The number of aliphatic hydroxyl groups excluding tert-OH is 4. The molecule has 0 unspecified atom stereocenters. The number of carbonyl (C=O) groups excluding carboxylic acids is 1. The first kappa shape index (κ1) is 25.3. The van der Waals surface area contributed by atoms with E-state index in [2.05, 4.69) is 10.3 Å². The van der Waals surface area contributed by atoms with Crippen molar-refractivity contribution in [1.29, 1.82) is 0 Å². The maximum Gasteiger partial charge on any atom is 0.282 e. The number of ether oxygens (including phenoxy) is 1. The number of nitrogens with one attached hydrogen (secondary N) is 1. The highest BCUT2D eigenvalue weighted by molar-refractivity contribution is 5.94. The third kappa shape index (κ3) is 5.42. The van der Waals surface area contributed by atoms with E-state index in [0.717, 1.165) is 21.3 Å². The van der Waals surface area contributed by atoms with Gasteiger partial charge < -0.3 is 35.0 Å². The predicted molar refractivity (Wildman–Crippen MR) is 125 cm³/mol. The first-order chi connectivity index (χ1) is 16.2. The van der Waals surface area contributed by atoms with E-state index in [9.17, 15) is 24.9 Å². The molecule has 0 fully saturated rings. The Kier molecular flexibility index (Phi) is 8.00. The molecule has 34 heavy (non-hydrogen) atoms. The number of carbonyl (C=O) groups is 1. The van der Waals surface area contributed by atoms with E-state index in [-0.39, 0.29) is 12.2 Å². The number of amides is 1. The minimum absolute atomic E-state index is 0.152. The summed E-state index contributed by atoms with van der Waals surface area (Å²) in [7, 11) is 1.55. The number of hydrogen-bond acceptors (Lipinski definition) is 8. The summed E-state index contributed by atoms with van der Waals surface area (Å²) >= 11 is 0. The molecular formula is C24H29N3O7. The number of rotatable bonds is 9. The number of methoxy groups -OCH3 is 1. The number of fused-ring (bicyclic) bond motifs is 1. The van der Waals surface area contributed by atoms with Crippen LogP contribution in [-0.4, -0.2) is 67.9 Å². The number of hydrogen-bond donors (Lipinski definition) is 5. The molecule has 0 saturated heterocycles. The lowest BCUT2D eigenvalue weighted by Gasteiger charge is -2.23. The zero-order chi connectivity index (χ0) is 25.0. The van der Waals surface area contributed by atoms with Gasteiger partial charge in [0.15, 0.2) is 5.69 Å². The lowest BCUT2D eigenvalue weighted by atomic mass is 10.1. The molecule has 0 spiro atoms. The molecule has 5 N–H and O–H groups in total. The van der Waals surface area contributed by atoms with Crippen molar-refractivity contribution in [2.24, 2.45) is 0 Å². The molecule has 0 aliphatic rings. The van der Waals surface area contributed by atoms with Crippen LogP contribution >= 0.6 is 0 Å². The fourth-order valence-corrected chi connectivity index (χ4v) is 3.50. The molecule has 10 nitrogen and oxygen atoms in total. The first-order valence-corrected chi connectivity index (χ1v) is 10.7. The molecule has 2 aromatic carbocycles. The SMILES string of the molecule is COc1ccc(CNC(=O)c2nc3cc(C)c(C)cc3n(C[C@H](O)[C@H](O)[C@H](O)CO)c2=O)cc1. The van der Waals surface area contributed by atoms with Gasteiger partial charge in [0.2, 0.25) is 0 Å². The molecule has 3 atom stereocenters. The summed E-state index contributed by atoms with van der Waals surface area (Å²) in [5.41, 5.74) is 2.15. The number of aliphatic hydroxyl groups is 4. The monoisotopic (exact) mass is 471 g/mol. The van der Waals surface area contributed by atoms with Crippen LogP contribution in [-0.2, 0) is 13.1 Å². The normalized spacial score (nSPS) is 14.0. The topological polar surface area (TPSA) is 154 Å². The van der Waals surface area contributed by atoms with Crippen LogP contribution < -0.4 is 15.6 Å². The molecule has 0 aliphatic heterocycles. The summed E-state index contributed by atoms with van der Waals surface area (Å²) in [6.07, 6.45) is -4.86. The van der Waals surface area contributed by atoms with Crippen molar-refractivity contribution >= 4 is 16.9 Å². The zero-order valence-electron chi connectivity index (χ0n) is 19.2. The molecule has 0 aliphatic carbocycles. The number of nitrogens with zero attached hydrogens (tertiary/aromatic N) is 2. The van der Waals surface area contributed by atoms with Crippen LogP contribution in [0.4, 0.5) is 0 Å². The van der Waals surface area contributed by atoms with Gasteiger partial charge in [-0.25, -0.2) is 4.98 Å². The Bertz CT molecular complexity index is 1220. The van der Waals surface area contributed by atoms with Gasteiger partial charge in [-0.2, -0.15) is 0 Å². The van der Waals surface area contributed by atoms with Gasteiger partial charge in [-0.05, 0) is 54.8 Å². The van der Waals surface area contributed by atoms with E-state index >= 15 is 0 Å². The van der Waals surface area contributed by atoms with Crippen LogP contribution in [0.1, 0.15) is 27.2 Å². The number of aryl methyl sites for hydroxylation is 2. The van der Waals surface area contributed by atoms with Gasteiger partial charge in [-0.15, -0.1) is 0 Å². The summed E-state index contributed by atoms with van der Waals surface area (Å²) in [6, 6.07) is 10.5. The highest BCUT2D eigenvalue weighted by atomic mass is 16.5. The van der Waals surface area contributed by atoms with Gasteiger partial charge in [0, 0.05) is 6.54 Å². The van der Waals surface area contributed by atoms with E-state index in [1.54, 1.807) is 43.5 Å². The van der Waals surface area contributed by atoms with Gasteiger partial charge in [0.25, 0.3) is 11.5 Å². The summed E-state index contributed by atoms with van der Waals surface area (Å²) in [5, 5.41) is 41.8. The van der Waals surface area contributed by atoms with E-state index in [4.69, 9.17) is 9.84 Å². The van der Waals surface area contributed by atoms with E-state index in [0.29, 0.717) is 16.8 Å². The summed E-state index contributed by atoms with van der Waals surface area (Å²) in [6.45, 7) is 2.68.